The standard InChI is InChI=1S/C22H22N2O7/c1-11(2)19(23-20(26)17-13-3-4-14(9-13)18(17)21(23)27)22(28)31-10-16(25)12-5-7-15(8-6-12)24(29)30/h3-8,11,13-14,17-19H,9-10H2,1-2H3/t13-,14-,17-,18-,19+/m0/s1. The maximum atomic E-state index is 13.0. The van der Waals surface area contributed by atoms with E-state index in [0.29, 0.717) is 0 Å². The van der Waals surface area contributed by atoms with Crippen molar-refractivity contribution in [1.29, 1.82) is 0 Å². The van der Waals surface area contributed by atoms with Gasteiger partial charge in [0.2, 0.25) is 11.8 Å². The molecule has 1 heterocycles. The average molecular weight is 426 g/mol. The minimum Gasteiger partial charge on any atom is -0.456 e. The minimum atomic E-state index is -1.10. The van der Waals surface area contributed by atoms with Crippen LogP contribution in [0.25, 0.3) is 0 Å². The zero-order valence-electron chi connectivity index (χ0n) is 17.1. The van der Waals surface area contributed by atoms with E-state index in [9.17, 15) is 29.3 Å². The van der Waals surface area contributed by atoms with Crippen LogP contribution in [-0.2, 0) is 19.1 Å². The smallest absolute Gasteiger partial charge is 0.330 e. The molecule has 0 aromatic heterocycles. The number of carbonyl (C=O) groups is 4. The highest BCUT2D eigenvalue weighted by Crippen LogP contribution is 2.53. The van der Waals surface area contributed by atoms with E-state index < -0.39 is 41.2 Å². The molecule has 0 radical (unpaired) electrons. The topological polar surface area (TPSA) is 124 Å². The molecule has 9 heteroatoms. The summed E-state index contributed by atoms with van der Waals surface area (Å²) in [4.78, 5) is 62.4. The summed E-state index contributed by atoms with van der Waals surface area (Å²) in [6, 6.07) is 3.84. The molecule has 9 nitrogen and oxygen atoms in total. The number of hydrogen-bond acceptors (Lipinski definition) is 7. The molecule has 0 unspecified atom stereocenters. The molecule has 0 spiro atoms. The van der Waals surface area contributed by atoms with Gasteiger partial charge in [-0.2, -0.15) is 0 Å². The first-order valence-corrected chi connectivity index (χ1v) is 10.2. The highest BCUT2D eigenvalue weighted by Gasteiger charge is 2.61. The van der Waals surface area contributed by atoms with E-state index in [-0.39, 0.29) is 40.8 Å². The van der Waals surface area contributed by atoms with Crippen LogP contribution in [0, 0.1) is 39.7 Å². The number of esters is 1. The second-order valence-electron chi connectivity index (χ2n) is 8.57. The Morgan fingerprint density at radius 1 is 1.10 bits per heavy atom. The van der Waals surface area contributed by atoms with Crippen LogP contribution in [0.3, 0.4) is 0 Å². The average Bonchev–Trinajstić information content (AvgIpc) is 3.42. The number of Topliss-reactive ketones (excluding diaryl/α,β-unsaturated/α-hetero) is 1. The van der Waals surface area contributed by atoms with E-state index in [1.165, 1.54) is 24.3 Å². The maximum Gasteiger partial charge on any atom is 0.330 e. The Kier molecular flexibility index (Phi) is 5.20. The third kappa shape index (κ3) is 3.43. The van der Waals surface area contributed by atoms with E-state index in [4.69, 9.17) is 4.74 Å². The monoisotopic (exact) mass is 426 g/mol. The summed E-state index contributed by atoms with van der Waals surface area (Å²) >= 11 is 0. The predicted octanol–water partition coefficient (Wildman–Crippen LogP) is 2.15. The summed E-state index contributed by atoms with van der Waals surface area (Å²) in [5, 5.41) is 10.7. The molecule has 2 bridgehead atoms. The van der Waals surface area contributed by atoms with Crippen molar-refractivity contribution in [2.24, 2.45) is 29.6 Å². The highest BCUT2D eigenvalue weighted by molar-refractivity contribution is 6.09. The zero-order valence-corrected chi connectivity index (χ0v) is 17.1. The number of likely N-dealkylation sites (tertiary alicyclic amines) is 1. The lowest BCUT2D eigenvalue weighted by Crippen LogP contribution is -2.50. The van der Waals surface area contributed by atoms with Gasteiger partial charge in [0.15, 0.2) is 12.4 Å². The van der Waals surface area contributed by atoms with Gasteiger partial charge in [0.1, 0.15) is 6.04 Å². The highest BCUT2D eigenvalue weighted by atomic mass is 16.6. The van der Waals surface area contributed by atoms with Gasteiger partial charge in [-0.1, -0.05) is 26.0 Å². The Morgan fingerprint density at radius 3 is 2.13 bits per heavy atom. The maximum absolute atomic E-state index is 13.0. The molecule has 31 heavy (non-hydrogen) atoms. The summed E-state index contributed by atoms with van der Waals surface area (Å²) in [5.74, 6) is -3.20. The Bertz CT molecular complexity index is 968. The second kappa shape index (κ2) is 7.72. The van der Waals surface area contributed by atoms with Gasteiger partial charge in [-0.25, -0.2) is 4.79 Å². The van der Waals surface area contributed by atoms with Gasteiger partial charge in [0, 0.05) is 17.7 Å². The molecule has 3 aliphatic rings. The van der Waals surface area contributed by atoms with Gasteiger partial charge in [0.05, 0.1) is 16.8 Å². The van der Waals surface area contributed by atoms with E-state index in [0.717, 1.165) is 11.3 Å². The number of nitrogens with zero attached hydrogens (tertiary/aromatic N) is 2. The van der Waals surface area contributed by atoms with Crippen LogP contribution >= 0.6 is 0 Å². The van der Waals surface area contributed by atoms with Crippen LogP contribution < -0.4 is 0 Å². The largest absolute Gasteiger partial charge is 0.456 e. The first-order valence-electron chi connectivity index (χ1n) is 10.2. The number of ketones is 1. The van der Waals surface area contributed by atoms with Crippen molar-refractivity contribution in [2.45, 2.75) is 26.3 Å². The Morgan fingerprint density at radius 2 is 1.65 bits per heavy atom. The molecule has 1 saturated carbocycles. The fraction of sp³-hybridized carbons (Fsp3) is 0.455. The molecule has 0 N–H and O–H groups in total. The molecule has 1 aliphatic heterocycles. The number of carbonyl (C=O) groups excluding carboxylic acids is 4. The molecule has 1 aromatic carbocycles. The van der Waals surface area contributed by atoms with E-state index >= 15 is 0 Å². The molecule has 162 valence electrons. The van der Waals surface area contributed by atoms with E-state index in [2.05, 4.69) is 0 Å². The second-order valence-corrected chi connectivity index (χ2v) is 8.57. The van der Waals surface area contributed by atoms with Crippen LogP contribution in [0.1, 0.15) is 30.6 Å². The molecule has 1 aromatic rings. The number of rotatable bonds is 7. The molecular formula is C22H22N2O7. The molecule has 4 rings (SSSR count). The van der Waals surface area contributed by atoms with Gasteiger partial charge in [-0.05, 0) is 36.3 Å². The van der Waals surface area contributed by atoms with Crippen molar-refractivity contribution in [2.75, 3.05) is 6.61 Å². The number of non-ortho nitro benzene ring substituents is 1. The van der Waals surface area contributed by atoms with Crippen molar-refractivity contribution in [3.05, 3.63) is 52.1 Å². The number of fused-ring (bicyclic) bond motifs is 5. The number of amides is 2. The lowest BCUT2D eigenvalue weighted by atomic mass is 9.85. The SMILES string of the molecule is CC(C)[C@H](C(=O)OCC(=O)c1ccc([N+](=O)[O-])cc1)N1C(=O)[C@@H]2[C@@H](C1=O)[C@H]1C=C[C@H]2C1. The van der Waals surface area contributed by atoms with Gasteiger partial charge in [-0.3, -0.25) is 29.4 Å². The van der Waals surface area contributed by atoms with Gasteiger partial charge in [0.25, 0.3) is 5.69 Å². The first kappa shape index (κ1) is 20.9. The van der Waals surface area contributed by atoms with Crippen molar-refractivity contribution in [3.8, 4) is 0 Å². The zero-order chi connectivity index (χ0) is 22.4. The van der Waals surface area contributed by atoms with E-state index in [1.807, 2.05) is 12.2 Å². The summed E-state index contributed by atoms with van der Waals surface area (Å²) in [5.41, 5.74) is -0.00140. The number of hydrogen-bond donors (Lipinski definition) is 0. The normalized spacial score (nSPS) is 27.0. The number of ether oxygens (including phenoxy) is 1. The lowest BCUT2D eigenvalue weighted by molar-refractivity contribution is -0.384. The fourth-order valence-electron chi connectivity index (χ4n) is 4.95. The Labute approximate surface area is 178 Å². The molecule has 2 aliphatic carbocycles. The number of allylic oxidation sites excluding steroid dienone is 2. The first-order chi connectivity index (χ1) is 14.7. The van der Waals surface area contributed by atoms with Gasteiger partial charge in [-0.15, -0.1) is 0 Å². The fourth-order valence-corrected chi connectivity index (χ4v) is 4.95. The van der Waals surface area contributed by atoms with Gasteiger partial charge < -0.3 is 4.74 Å². The molecule has 1 saturated heterocycles. The predicted molar refractivity (Wildman–Crippen MR) is 107 cm³/mol. The van der Waals surface area contributed by atoms with Crippen molar-refractivity contribution in [3.63, 3.8) is 0 Å². The van der Waals surface area contributed by atoms with Crippen LogP contribution in [0.5, 0.6) is 0 Å². The Hall–Kier alpha value is -3.36. The van der Waals surface area contributed by atoms with Crippen molar-refractivity contribution in [1.82, 2.24) is 4.90 Å². The van der Waals surface area contributed by atoms with Crippen molar-refractivity contribution >= 4 is 29.3 Å². The molecule has 2 fully saturated rings. The summed E-state index contributed by atoms with van der Waals surface area (Å²) in [6.07, 6.45) is 4.75. The summed E-state index contributed by atoms with van der Waals surface area (Å²) < 4.78 is 5.18. The third-order valence-electron chi connectivity index (χ3n) is 6.40. The van der Waals surface area contributed by atoms with Crippen LogP contribution in [0.15, 0.2) is 36.4 Å². The van der Waals surface area contributed by atoms with Gasteiger partial charge >= 0.3 is 5.97 Å². The van der Waals surface area contributed by atoms with Crippen LogP contribution in [0.4, 0.5) is 5.69 Å². The molecule has 5 atom stereocenters. The number of imide groups is 1. The number of benzene rings is 1. The third-order valence-corrected chi connectivity index (χ3v) is 6.40. The number of nitro benzene ring substituents is 1. The molecule has 2 amide bonds. The van der Waals surface area contributed by atoms with Crippen LogP contribution in [0.2, 0.25) is 0 Å². The number of nitro groups is 1. The molecular weight excluding hydrogens is 404 g/mol. The summed E-state index contributed by atoms with van der Waals surface area (Å²) in [6.45, 7) is 2.84. The lowest BCUT2D eigenvalue weighted by Gasteiger charge is -2.28. The van der Waals surface area contributed by atoms with Crippen molar-refractivity contribution < 1.29 is 28.8 Å². The summed E-state index contributed by atoms with van der Waals surface area (Å²) in [7, 11) is 0. The quantitative estimate of drug-likeness (QED) is 0.163. The minimum absolute atomic E-state index is 0.0315. The van der Waals surface area contributed by atoms with E-state index in [1.54, 1.807) is 13.8 Å². The van der Waals surface area contributed by atoms with Crippen LogP contribution in [-0.4, -0.2) is 46.0 Å². The Balaban J connectivity index is 1.45.